The van der Waals surface area contributed by atoms with Gasteiger partial charge < -0.3 is 14.5 Å². The molecule has 8 heteroatoms. The molecule has 0 radical (unpaired) electrons. The van der Waals surface area contributed by atoms with Crippen LogP contribution >= 0.6 is 22.9 Å². The van der Waals surface area contributed by atoms with Crippen LogP contribution < -0.4 is 4.90 Å². The average molecular weight is 431 g/mol. The van der Waals surface area contributed by atoms with Crippen molar-refractivity contribution in [2.24, 2.45) is 0 Å². The molecule has 1 fully saturated rings. The number of nitrogens with zero attached hydrogens (tertiary/aromatic N) is 4. The normalized spacial score (nSPS) is 15.0. The van der Waals surface area contributed by atoms with Crippen LogP contribution in [0, 0.1) is 0 Å². The number of halogens is 1. The van der Waals surface area contributed by atoms with Crippen LogP contribution in [0.15, 0.2) is 35.8 Å². The maximum absolute atomic E-state index is 12.2. The minimum Gasteiger partial charge on any atom is -0.444 e. The third kappa shape index (κ3) is 4.46. The maximum Gasteiger partial charge on any atom is 0.410 e. The Labute approximate surface area is 179 Å². The number of benzene rings is 1. The number of piperazine rings is 1. The first-order valence-corrected chi connectivity index (χ1v) is 10.8. The van der Waals surface area contributed by atoms with Crippen molar-refractivity contribution in [3.05, 3.63) is 40.9 Å². The summed E-state index contributed by atoms with van der Waals surface area (Å²) in [6, 6.07) is 7.79. The fraction of sp³-hybridized carbons (Fsp3) is 0.381. The Kier molecular flexibility index (Phi) is 5.36. The van der Waals surface area contributed by atoms with Gasteiger partial charge in [-0.25, -0.2) is 14.8 Å². The Morgan fingerprint density at radius 1 is 1.14 bits per heavy atom. The van der Waals surface area contributed by atoms with Crippen LogP contribution in [0.2, 0.25) is 5.02 Å². The van der Waals surface area contributed by atoms with Gasteiger partial charge in [0.1, 0.15) is 10.4 Å². The van der Waals surface area contributed by atoms with Gasteiger partial charge in [-0.2, -0.15) is 0 Å². The highest BCUT2D eigenvalue weighted by Gasteiger charge is 2.27. The monoisotopic (exact) mass is 430 g/mol. The van der Waals surface area contributed by atoms with Crippen molar-refractivity contribution in [1.82, 2.24) is 14.9 Å². The van der Waals surface area contributed by atoms with Crippen molar-refractivity contribution in [2.75, 3.05) is 31.1 Å². The number of hydrogen-bond donors (Lipinski definition) is 0. The Morgan fingerprint density at radius 3 is 2.48 bits per heavy atom. The molecule has 0 spiro atoms. The van der Waals surface area contributed by atoms with Gasteiger partial charge in [0, 0.05) is 53.7 Å². The van der Waals surface area contributed by atoms with Gasteiger partial charge in [0.2, 0.25) is 5.95 Å². The van der Waals surface area contributed by atoms with Crippen LogP contribution in [-0.2, 0) is 4.74 Å². The van der Waals surface area contributed by atoms with E-state index in [1.807, 2.05) is 51.2 Å². The molecule has 0 bridgehead atoms. The lowest BCUT2D eigenvalue weighted by atomic mass is 10.1. The first-order chi connectivity index (χ1) is 13.8. The van der Waals surface area contributed by atoms with Gasteiger partial charge in [0.25, 0.3) is 0 Å². The summed E-state index contributed by atoms with van der Waals surface area (Å²) in [5.74, 6) is 0.700. The molecule has 0 saturated carbocycles. The molecule has 29 heavy (non-hydrogen) atoms. The highest BCUT2D eigenvalue weighted by atomic mass is 35.5. The minimum absolute atomic E-state index is 0.264. The molecule has 3 aromatic rings. The van der Waals surface area contributed by atoms with E-state index in [9.17, 15) is 4.79 Å². The van der Waals surface area contributed by atoms with Crippen molar-refractivity contribution in [3.8, 4) is 11.1 Å². The Hall–Kier alpha value is -2.38. The van der Waals surface area contributed by atoms with Crippen molar-refractivity contribution in [2.45, 2.75) is 26.4 Å². The lowest BCUT2D eigenvalue weighted by Crippen LogP contribution is -2.50. The molecule has 3 heterocycles. The molecule has 0 unspecified atom stereocenters. The van der Waals surface area contributed by atoms with E-state index in [1.165, 1.54) is 0 Å². The zero-order valence-corrected chi connectivity index (χ0v) is 18.3. The molecule has 1 saturated heterocycles. The summed E-state index contributed by atoms with van der Waals surface area (Å²) in [5, 5.41) is 3.86. The maximum atomic E-state index is 12.2. The van der Waals surface area contributed by atoms with Crippen LogP contribution in [-0.4, -0.2) is 52.7 Å². The summed E-state index contributed by atoms with van der Waals surface area (Å²) in [4.78, 5) is 26.4. The number of anilines is 1. The number of rotatable bonds is 2. The molecule has 1 aliphatic heterocycles. The number of ether oxygens (including phenoxy) is 1. The summed E-state index contributed by atoms with van der Waals surface area (Å²) >= 11 is 7.61. The van der Waals surface area contributed by atoms with E-state index in [-0.39, 0.29) is 6.09 Å². The highest BCUT2D eigenvalue weighted by molar-refractivity contribution is 7.17. The van der Waals surface area contributed by atoms with Gasteiger partial charge in [-0.05, 0) is 38.5 Å². The molecule has 1 amide bonds. The number of aromatic nitrogens is 2. The number of carbonyl (C=O) groups is 1. The predicted octanol–water partition coefficient (Wildman–Crippen LogP) is 5.07. The van der Waals surface area contributed by atoms with E-state index < -0.39 is 5.60 Å². The van der Waals surface area contributed by atoms with Crippen LogP contribution in [0.5, 0.6) is 0 Å². The largest absolute Gasteiger partial charge is 0.444 e. The Morgan fingerprint density at radius 2 is 1.83 bits per heavy atom. The van der Waals surface area contributed by atoms with E-state index in [2.05, 4.69) is 15.3 Å². The number of amides is 1. The molecular formula is C21H23ClN4O2S. The average Bonchev–Trinajstić information content (AvgIpc) is 3.10. The zero-order valence-electron chi connectivity index (χ0n) is 16.7. The SMILES string of the molecule is CC(C)(C)OC(=O)N1CCN(c2ncc3c(-c4ccc(Cl)cc4)csc3n2)CC1. The molecule has 152 valence electrons. The minimum atomic E-state index is -0.483. The third-order valence-corrected chi connectivity index (χ3v) is 5.83. The topological polar surface area (TPSA) is 58.6 Å². The van der Waals surface area contributed by atoms with Crippen LogP contribution in [0.4, 0.5) is 10.7 Å². The smallest absolute Gasteiger partial charge is 0.410 e. The van der Waals surface area contributed by atoms with Crippen LogP contribution in [0.3, 0.4) is 0 Å². The van der Waals surface area contributed by atoms with E-state index in [0.29, 0.717) is 32.1 Å². The van der Waals surface area contributed by atoms with Gasteiger partial charge in [-0.1, -0.05) is 23.7 Å². The highest BCUT2D eigenvalue weighted by Crippen LogP contribution is 2.34. The molecule has 0 aliphatic carbocycles. The van der Waals surface area contributed by atoms with Crippen LogP contribution in [0.25, 0.3) is 21.3 Å². The summed E-state index contributed by atoms with van der Waals surface area (Å²) in [7, 11) is 0. The summed E-state index contributed by atoms with van der Waals surface area (Å²) in [6.45, 7) is 8.19. The Bertz CT molecular complexity index is 1020. The van der Waals surface area contributed by atoms with Gasteiger partial charge in [-0.15, -0.1) is 11.3 Å². The molecule has 1 aliphatic rings. The third-order valence-electron chi connectivity index (χ3n) is 4.69. The molecular weight excluding hydrogens is 408 g/mol. The molecule has 2 aromatic heterocycles. The van der Waals surface area contributed by atoms with Crippen molar-refractivity contribution >= 4 is 45.2 Å². The summed E-state index contributed by atoms with van der Waals surface area (Å²) < 4.78 is 5.46. The predicted molar refractivity (Wildman–Crippen MR) is 118 cm³/mol. The van der Waals surface area contributed by atoms with E-state index in [1.54, 1.807) is 16.2 Å². The van der Waals surface area contributed by atoms with Gasteiger partial charge in [0.05, 0.1) is 0 Å². The summed E-state index contributed by atoms with van der Waals surface area (Å²) in [5.41, 5.74) is 1.73. The van der Waals surface area contributed by atoms with Crippen molar-refractivity contribution in [1.29, 1.82) is 0 Å². The molecule has 6 nitrogen and oxygen atoms in total. The second kappa shape index (κ2) is 7.80. The van der Waals surface area contributed by atoms with E-state index in [4.69, 9.17) is 21.3 Å². The van der Waals surface area contributed by atoms with Gasteiger partial charge in [0.15, 0.2) is 0 Å². The molecule has 1 aromatic carbocycles. The molecule has 0 N–H and O–H groups in total. The zero-order chi connectivity index (χ0) is 20.6. The fourth-order valence-corrected chi connectivity index (χ4v) is 4.27. The number of hydrogen-bond acceptors (Lipinski definition) is 6. The van der Waals surface area contributed by atoms with Gasteiger partial charge >= 0.3 is 6.09 Å². The first-order valence-electron chi connectivity index (χ1n) is 9.53. The lowest BCUT2D eigenvalue weighted by molar-refractivity contribution is 0.0240. The molecule has 4 rings (SSSR count). The second-order valence-corrected chi connectivity index (χ2v) is 9.29. The van der Waals surface area contributed by atoms with Crippen molar-refractivity contribution in [3.63, 3.8) is 0 Å². The van der Waals surface area contributed by atoms with Crippen LogP contribution in [0.1, 0.15) is 20.8 Å². The number of carbonyl (C=O) groups excluding carboxylic acids is 1. The van der Waals surface area contributed by atoms with Gasteiger partial charge in [-0.3, -0.25) is 0 Å². The van der Waals surface area contributed by atoms with E-state index >= 15 is 0 Å². The second-order valence-electron chi connectivity index (χ2n) is 8.00. The number of thiophene rings is 1. The fourth-order valence-electron chi connectivity index (χ4n) is 3.23. The lowest BCUT2D eigenvalue weighted by Gasteiger charge is -2.35. The van der Waals surface area contributed by atoms with E-state index in [0.717, 1.165) is 26.4 Å². The van der Waals surface area contributed by atoms with Crippen molar-refractivity contribution < 1.29 is 9.53 Å². The quantitative estimate of drug-likeness (QED) is 0.568. The first kappa shape index (κ1) is 19.9. The Balaban J connectivity index is 1.47. The summed E-state index contributed by atoms with van der Waals surface area (Å²) in [6.07, 6.45) is 1.62. The molecule has 0 atom stereocenters. The standard InChI is InChI=1S/C21H23ClN4O2S/c1-21(2,3)28-20(27)26-10-8-25(9-11-26)19-23-12-16-17(13-29-18(16)24-19)14-4-6-15(22)7-5-14/h4-7,12-13H,8-11H2,1-3H3. The number of fused-ring (bicyclic) bond motifs is 1.